The molecule has 0 rings (SSSR count). The van der Waals surface area contributed by atoms with E-state index in [9.17, 15) is 9.59 Å². The molecule has 110 valence electrons. The number of ether oxygens (including phenoxy) is 1. The van der Waals surface area contributed by atoms with Gasteiger partial charge in [-0.3, -0.25) is 9.59 Å². The molecule has 1 atom stereocenters. The van der Waals surface area contributed by atoms with Gasteiger partial charge in [0.1, 0.15) is 5.92 Å². The Morgan fingerprint density at radius 2 is 2.00 bits per heavy atom. The van der Waals surface area contributed by atoms with Crippen molar-refractivity contribution in [2.75, 3.05) is 26.3 Å². The van der Waals surface area contributed by atoms with Gasteiger partial charge in [-0.25, -0.2) is 0 Å². The Hall–Kier alpha value is -1.36. The maximum atomic E-state index is 12.5. The highest BCUT2D eigenvalue weighted by Gasteiger charge is 2.40. The van der Waals surface area contributed by atoms with Crippen molar-refractivity contribution in [1.29, 1.82) is 0 Å². The molecule has 0 radical (unpaired) electrons. The molecule has 1 N–H and O–H groups in total. The van der Waals surface area contributed by atoms with Crippen molar-refractivity contribution in [3.63, 3.8) is 0 Å². The number of hydrogen-bond acceptors (Lipinski definition) is 4. The van der Waals surface area contributed by atoms with Gasteiger partial charge in [-0.1, -0.05) is 26.8 Å². The SMILES string of the molecule is C=CCN(CCO)C(=O)C(C(=O)OCC)C(C)(C)C. The van der Waals surface area contributed by atoms with Crippen molar-refractivity contribution in [3.8, 4) is 0 Å². The van der Waals surface area contributed by atoms with Crippen LogP contribution in [-0.4, -0.2) is 48.2 Å². The molecule has 0 fully saturated rings. The van der Waals surface area contributed by atoms with E-state index in [0.717, 1.165) is 0 Å². The number of esters is 1. The minimum absolute atomic E-state index is 0.154. The fraction of sp³-hybridized carbons (Fsp3) is 0.714. The number of aliphatic hydroxyl groups is 1. The number of nitrogens with zero attached hydrogens (tertiary/aromatic N) is 1. The van der Waals surface area contributed by atoms with Crippen LogP contribution in [0.1, 0.15) is 27.7 Å². The highest BCUT2D eigenvalue weighted by molar-refractivity contribution is 5.98. The number of amides is 1. The van der Waals surface area contributed by atoms with Crippen LogP contribution in [0.5, 0.6) is 0 Å². The van der Waals surface area contributed by atoms with Crippen molar-refractivity contribution in [2.45, 2.75) is 27.7 Å². The third-order valence-electron chi connectivity index (χ3n) is 2.67. The largest absolute Gasteiger partial charge is 0.465 e. The molecule has 0 aromatic heterocycles. The lowest BCUT2D eigenvalue weighted by molar-refractivity contribution is -0.160. The monoisotopic (exact) mass is 271 g/mol. The second-order valence-electron chi connectivity index (χ2n) is 5.35. The summed E-state index contributed by atoms with van der Waals surface area (Å²) in [5.74, 6) is -1.73. The van der Waals surface area contributed by atoms with Gasteiger partial charge in [-0.15, -0.1) is 6.58 Å². The van der Waals surface area contributed by atoms with Crippen molar-refractivity contribution >= 4 is 11.9 Å². The van der Waals surface area contributed by atoms with Crippen LogP contribution in [0.3, 0.4) is 0 Å². The quantitative estimate of drug-likeness (QED) is 0.429. The first-order valence-electron chi connectivity index (χ1n) is 6.46. The van der Waals surface area contributed by atoms with E-state index in [0.29, 0.717) is 6.54 Å². The number of carbonyl (C=O) groups is 2. The molecule has 0 aliphatic heterocycles. The van der Waals surface area contributed by atoms with Crippen LogP contribution >= 0.6 is 0 Å². The molecule has 0 saturated heterocycles. The number of carbonyl (C=O) groups excluding carboxylic acids is 2. The van der Waals surface area contributed by atoms with E-state index in [-0.39, 0.29) is 25.7 Å². The Bertz CT molecular complexity index is 320. The van der Waals surface area contributed by atoms with Gasteiger partial charge in [-0.05, 0) is 12.3 Å². The summed E-state index contributed by atoms with van der Waals surface area (Å²) < 4.78 is 4.98. The summed E-state index contributed by atoms with van der Waals surface area (Å²) >= 11 is 0. The van der Waals surface area contributed by atoms with Gasteiger partial charge < -0.3 is 14.7 Å². The molecule has 0 saturated carbocycles. The maximum Gasteiger partial charge on any atom is 0.319 e. The normalized spacial score (nSPS) is 12.7. The van der Waals surface area contributed by atoms with Crippen LogP contribution in [0.15, 0.2) is 12.7 Å². The number of rotatable bonds is 7. The molecule has 19 heavy (non-hydrogen) atoms. The first-order chi connectivity index (χ1) is 8.79. The lowest BCUT2D eigenvalue weighted by Gasteiger charge is -2.32. The second kappa shape index (κ2) is 7.94. The summed E-state index contributed by atoms with van der Waals surface area (Å²) in [6.07, 6.45) is 1.57. The fourth-order valence-corrected chi connectivity index (χ4v) is 1.80. The first-order valence-corrected chi connectivity index (χ1v) is 6.46. The van der Waals surface area contributed by atoms with E-state index in [1.807, 2.05) is 20.8 Å². The average molecular weight is 271 g/mol. The second-order valence-corrected chi connectivity index (χ2v) is 5.35. The van der Waals surface area contributed by atoms with Crippen LogP contribution in [0.4, 0.5) is 0 Å². The molecule has 0 aliphatic carbocycles. The molecule has 1 amide bonds. The van der Waals surface area contributed by atoms with Crippen molar-refractivity contribution in [1.82, 2.24) is 4.90 Å². The van der Waals surface area contributed by atoms with Crippen molar-refractivity contribution in [3.05, 3.63) is 12.7 Å². The highest BCUT2D eigenvalue weighted by atomic mass is 16.5. The van der Waals surface area contributed by atoms with Gasteiger partial charge in [0.15, 0.2) is 0 Å². The van der Waals surface area contributed by atoms with Crippen LogP contribution in [0, 0.1) is 11.3 Å². The Kier molecular flexibility index (Phi) is 7.37. The van der Waals surface area contributed by atoms with Gasteiger partial charge in [0.2, 0.25) is 5.91 Å². The third kappa shape index (κ3) is 5.42. The van der Waals surface area contributed by atoms with Gasteiger partial charge in [0.25, 0.3) is 0 Å². The van der Waals surface area contributed by atoms with Crippen molar-refractivity contribution < 1.29 is 19.4 Å². The van der Waals surface area contributed by atoms with Crippen LogP contribution in [0.2, 0.25) is 0 Å². The minimum atomic E-state index is -0.876. The molecule has 5 heteroatoms. The summed E-state index contributed by atoms with van der Waals surface area (Å²) in [6, 6.07) is 0. The van der Waals surface area contributed by atoms with Gasteiger partial charge in [0, 0.05) is 13.1 Å². The topological polar surface area (TPSA) is 66.8 Å². The summed E-state index contributed by atoms with van der Waals surface area (Å²) in [5.41, 5.74) is -0.543. The van der Waals surface area contributed by atoms with Crippen molar-refractivity contribution in [2.24, 2.45) is 11.3 Å². The molecule has 0 spiro atoms. The standard InChI is InChI=1S/C14H25NO4/c1-6-8-15(9-10-16)12(17)11(14(3,4)5)13(18)19-7-2/h6,11,16H,1,7-10H2,2-5H3. The number of aliphatic hydroxyl groups excluding tert-OH is 1. The molecule has 5 nitrogen and oxygen atoms in total. The third-order valence-corrected chi connectivity index (χ3v) is 2.67. The molecule has 0 bridgehead atoms. The Morgan fingerprint density at radius 1 is 1.42 bits per heavy atom. The van der Waals surface area contributed by atoms with Crippen LogP contribution in [0.25, 0.3) is 0 Å². The lowest BCUT2D eigenvalue weighted by Crippen LogP contribution is -2.46. The molecule has 0 heterocycles. The van der Waals surface area contributed by atoms with Gasteiger partial charge in [0.05, 0.1) is 13.2 Å². The molecule has 0 aliphatic rings. The highest BCUT2D eigenvalue weighted by Crippen LogP contribution is 2.29. The predicted octanol–water partition coefficient (Wildman–Crippen LogP) is 1.22. The van der Waals surface area contributed by atoms with E-state index in [1.165, 1.54) is 4.90 Å². The summed E-state index contributed by atoms with van der Waals surface area (Å²) in [4.78, 5) is 25.9. The zero-order valence-corrected chi connectivity index (χ0v) is 12.3. The maximum absolute atomic E-state index is 12.5. The first kappa shape index (κ1) is 17.6. The van der Waals surface area contributed by atoms with E-state index in [4.69, 9.17) is 9.84 Å². The Morgan fingerprint density at radius 3 is 2.37 bits per heavy atom. The molecule has 1 unspecified atom stereocenters. The average Bonchev–Trinajstić information content (AvgIpc) is 2.27. The van der Waals surface area contributed by atoms with E-state index in [2.05, 4.69) is 6.58 Å². The van der Waals surface area contributed by atoms with Gasteiger partial charge >= 0.3 is 5.97 Å². The molecular formula is C14H25NO4. The Balaban J connectivity index is 5.17. The molecular weight excluding hydrogens is 246 g/mol. The summed E-state index contributed by atoms with van der Waals surface area (Å²) in [5, 5.41) is 8.99. The van der Waals surface area contributed by atoms with Crippen LogP contribution in [-0.2, 0) is 14.3 Å². The number of hydrogen-bond donors (Lipinski definition) is 1. The summed E-state index contributed by atoms with van der Waals surface area (Å²) in [6.45, 7) is 11.3. The fourth-order valence-electron chi connectivity index (χ4n) is 1.80. The smallest absolute Gasteiger partial charge is 0.319 e. The lowest BCUT2D eigenvalue weighted by atomic mass is 9.79. The zero-order valence-electron chi connectivity index (χ0n) is 12.3. The van der Waals surface area contributed by atoms with E-state index >= 15 is 0 Å². The predicted molar refractivity (Wildman–Crippen MR) is 73.4 cm³/mol. The minimum Gasteiger partial charge on any atom is -0.465 e. The van der Waals surface area contributed by atoms with Gasteiger partial charge in [-0.2, -0.15) is 0 Å². The summed E-state index contributed by atoms with van der Waals surface area (Å²) in [7, 11) is 0. The molecule has 0 aromatic rings. The Labute approximate surface area is 115 Å². The van der Waals surface area contributed by atoms with Crippen LogP contribution < -0.4 is 0 Å². The van der Waals surface area contributed by atoms with E-state index in [1.54, 1.807) is 13.0 Å². The van der Waals surface area contributed by atoms with E-state index < -0.39 is 17.3 Å². The molecule has 0 aromatic carbocycles. The zero-order chi connectivity index (χ0) is 15.1.